The molecule has 146 valence electrons. The average molecular weight is 437 g/mol. The van der Waals surface area contributed by atoms with E-state index >= 15 is 0 Å². The fourth-order valence-electron chi connectivity index (χ4n) is 2.58. The SMILES string of the molecule is Cc1ccc(C)c(OCCOc2c(Cl)cc(Cl)cc2C=C2SC(=N)NC2=O)c1. The third-order valence-corrected chi connectivity index (χ3v) is 5.25. The van der Waals surface area contributed by atoms with Gasteiger partial charge in [0.2, 0.25) is 0 Å². The van der Waals surface area contributed by atoms with Gasteiger partial charge in [-0.2, -0.15) is 0 Å². The number of hydrogen-bond donors (Lipinski definition) is 2. The van der Waals surface area contributed by atoms with E-state index in [1.807, 2.05) is 32.0 Å². The lowest BCUT2D eigenvalue weighted by Crippen LogP contribution is -2.18. The number of carbonyl (C=O) groups excluding carboxylic acids is 1. The highest BCUT2D eigenvalue weighted by Gasteiger charge is 2.23. The van der Waals surface area contributed by atoms with Gasteiger partial charge >= 0.3 is 0 Å². The maximum absolute atomic E-state index is 11.9. The van der Waals surface area contributed by atoms with Gasteiger partial charge in [-0.1, -0.05) is 35.3 Å². The zero-order valence-electron chi connectivity index (χ0n) is 15.3. The number of carbonyl (C=O) groups is 1. The molecule has 3 rings (SSSR count). The summed E-state index contributed by atoms with van der Waals surface area (Å²) < 4.78 is 11.6. The first-order chi connectivity index (χ1) is 13.3. The van der Waals surface area contributed by atoms with Crippen molar-refractivity contribution in [1.29, 1.82) is 5.41 Å². The molecule has 1 heterocycles. The van der Waals surface area contributed by atoms with Crippen LogP contribution < -0.4 is 14.8 Å². The van der Waals surface area contributed by atoms with E-state index in [1.165, 1.54) is 0 Å². The van der Waals surface area contributed by atoms with Gasteiger partial charge in [0.15, 0.2) is 5.17 Å². The predicted molar refractivity (Wildman–Crippen MR) is 115 cm³/mol. The summed E-state index contributed by atoms with van der Waals surface area (Å²) in [6, 6.07) is 9.26. The van der Waals surface area contributed by atoms with Crippen LogP contribution in [0.4, 0.5) is 0 Å². The number of halogens is 2. The fourth-order valence-corrected chi connectivity index (χ4v) is 3.84. The van der Waals surface area contributed by atoms with Crippen LogP contribution in [0.5, 0.6) is 11.5 Å². The number of nitrogens with one attached hydrogen (secondary N) is 2. The van der Waals surface area contributed by atoms with Crippen molar-refractivity contribution < 1.29 is 14.3 Å². The molecule has 8 heteroatoms. The normalized spacial score (nSPS) is 15.1. The molecule has 1 amide bonds. The highest BCUT2D eigenvalue weighted by molar-refractivity contribution is 8.18. The number of hydrogen-bond acceptors (Lipinski definition) is 5. The molecule has 2 aromatic carbocycles. The number of ether oxygens (including phenoxy) is 2. The first-order valence-corrected chi connectivity index (χ1v) is 10.0. The highest BCUT2D eigenvalue weighted by atomic mass is 35.5. The topological polar surface area (TPSA) is 71.4 Å². The van der Waals surface area contributed by atoms with Gasteiger partial charge in [-0.15, -0.1) is 0 Å². The molecule has 2 N–H and O–H groups in total. The molecule has 0 unspecified atom stereocenters. The summed E-state index contributed by atoms with van der Waals surface area (Å²) in [7, 11) is 0. The van der Waals surface area contributed by atoms with E-state index in [9.17, 15) is 4.79 Å². The van der Waals surface area contributed by atoms with E-state index in [2.05, 4.69) is 5.32 Å². The molecule has 0 aromatic heterocycles. The van der Waals surface area contributed by atoms with Crippen LogP contribution in [-0.2, 0) is 4.79 Å². The van der Waals surface area contributed by atoms with E-state index in [-0.39, 0.29) is 17.7 Å². The Kier molecular flexibility index (Phi) is 6.54. The minimum absolute atomic E-state index is 0.0776. The predicted octanol–water partition coefficient (Wildman–Crippen LogP) is 5.21. The lowest BCUT2D eigenvalue weighted by molar-refractivity contribution is -0.115. The van der Waals surface area contributed by atoms with Crippen LogP contribution >= 0.6 is 35.0 Å². The monoisotopic (exact) mass is 436 g/mol. The van der Waals surface area contributed by atoms with Crippen molar-refractivity contribution in [2.75, 3.05) is 13.2 Å². The van der Waals surface area contributed by atoms with Crippen molar-refractivity contribution >= 4 is 52.1 Å². The number of thioether (sulfide) groups is 1. The van der Waals surface area contributed by atoms with Gasteiger partial charge < -0.3 is 14.8 Å². The van der Waals surface area contributed by atoms with Crippen molar-refractivity contribution in [1.82, 2.24) is 5.32 Å². The first-order valence-electron chi connectivity index (χ1n) is 8.45. The van der Waals surface area contributed by atoms with Crippen LogP contribution in [0.3, 0.4) is 0 Å². The van der Waals surface area contributed by atoms with Crippen molar-refractivity contribution in [3.05, 3.63) is 62.0 Å². The van der Waals surface area contributed by atoms with E-state index in [0.29, 0.717) is 32.9 Å². The van der Waals surface area contributed by atoms with Crippen molar-refractivity contribution in [3.63, 3.8) is 0 Å². The molecule has 0 bridgehead atoms. The molecule has 0 aliphatic carbocycles. The van der Waals surface area contributed by atoms with Crippen LogP contribution in [-0.4, -0.2) is 24.3 Å². The van der Waals surface area contributed by atoms with Crippen LogP contribution in [0.1, 0.15) is 16.7 Å². The van der Waals surface area contributed by atoms with Gasteiger partial charge in [-0.25, -0.2) is 0 Å². The zero-order valence-corrected chi connectivity index (χ0v) is 17.6. The number of amides is 1. The van der Waals surface area contributed by atoms with Crippen molar-refractivity contribution in [3.8, 4) is 11.5 Å². The Morgan fingerprint density at radius 1 is 1.14 bits per heavy atom. The number of amidine groups is 1. The van der Waals surface area contributed by atoms with Gasteiger partial charge in [0.05, 0.1) is 9.93 Å². The first kappa shape index (κ1) is 20.6. The summed E-state index contributed by atoms with van der Waals surface area (Å²) >= 11 is 13.4. The van der Waals surface area contributed by atoms with E-state index < -0.39 is 0 Å². The quantitative estimate of drug-likeness (QED) is 0.481. The lowest BCUT2D eigenvalue weighted by Gasteiger charge is -2.14. The second-order valence-corrected chi connectivity index (χ2v) is 8.06. The number of aryl methyl sites for hydroxylation is 2. The van der Waals surface area contributed by atoms with E-state index in [1.54, 1.807) is 18.2 Å². The average Bonchev–Trinajstić information content (AvgIpc) is 2.93. The summed E-state index contributed by atoms with van der Waals surface area (Å²) in [6.45, 7) is 4.59. The smallest absolute Gasteiger partial charge is 0.264 e. The van der Waals surface area contributed by atoms with Crippen LogP contribution in [0.15, 0.2) is 35.2 Å². The Morgan fingerprint density at radius 2 is 1.89 bits per heavy atom. The molecule has 0 radical (unpaired) electrons. The molecule has 1 aliphatic rings. The second kappa shape index (κ2) is 8.90. The van der Waals surface area contributed by atoms with E-state index in [0.717, 1.165) is 28.6 Å². The number of rotatable bonds is 6. The molecule has 2 aromatic rings. The lowest BCUT2D eigenvalue weighted by atomic mass is 10.1. The Labute approximate surface area is 177 Å². The minimum Gasteiger partial charge on any atom is -0.490 e. The summed E-state index contributed by atoms with van der Waals surface area (Å²) in [6.07, 6.45) is 1.61. The largest absolute Gasteiger partial charge is 0.490 e. The summed E-state index contributed by atoms with van der Waals surface area (Å²) in [4.78, 5) is 12.3. The molecule has 1 saturated heterocycles. The van der Waals surface area contributed by atoms with Crippen LogP contribution in [0.25, 0.3) is 6.08 Å². The third kappa shape index (κ3) is 5.01. The van der Waals surface area contributed by atoms with Gasteiger partial charge in [0.1, 0.15) is 24.7 Å². The summed E-state index contributed by atoms with van der Waals surface area (Å²) in [5, 5.41) is 10.8. The summed E-state index contributed by atoms with van der Waals surface area (Å²) in [5.41, 5.74) is 2.73. The molecule has 1 fully saturated rings. The molecule has 5 nitrogen and oxygen atoms in total. The van der Waals surface area contributed by atoms with Gasteiger partial charge in [-0.3, -0.25) is 10.2 Å². The van der Waals surface area contributed by atoms with Gasteiger partial charge in [0, 0.05) is 10.6 Å². The second-order valence-electron chi connectivity index (χ2n) is 6.17. The summed E-state index contributed by atoms with van der Waals surface area (Å²) in [5.74, 6) is 0.885. The molecule has 0 spiro atoms. The molecular formula is C20H18Cl2N2O3S. The Hall–Kier alpha value is -2.15. The number of benzene rings is 2. The van der Waals surface area contributed by atoms with Crippen LogP contribution in [0, 0.1) is 19.3 Å². The Balaban J connectivity index is 1.73. The maximum Gasteiger partial charge on any atom is 0.264 e. The van der Waals surface area contributed by atoms with Gasteiger partial charge in [-0.05, 0) is 61.0 Å². The standard InChI is InChI=1S/C20H18Cl2N2O3S/c1-11-3-4-12(2)16(7-11)26-5-6-27-18-13(8-14(21)10-15(18)22)9-17-19(25)24-20(23)28-17/h3-4,7-10H,5-6H2,1-2H3,(H2,23,24,25). The maximum atomic E-state index is 11.9. The molecule has 1 aliphatic heterocycles. The Bertz CT molecular complexity index is 976. The molecule has 0 atom stereocenters. The molecule has 0 saturated carbocycles. The highest BCUT2D eigenvalue weighted by Crippen LogP contribution is 2.36. The Morgan fingerprint density at radius 3 is 2.61 bits per heavy atom. The third-order valence-electron chi connectivity index (χ3n) is 3.92. The van der Waals surface area contributed by atoms with Gasteiger partial charge in [0.25, 0.3) is 5.91 Å². The molecular weight excluding hydrogens is 419 g/mol. The van der Waals surface area contributed by atoms with Crippen LogP contribution in [0.2, 0.25) is 10.0 Å². The van der Waals surface area contributed by atoms with Crippen molar-refractivity contribution in [2.24, 2.45) is 0 Å². The fraction of sp³-hybridized carbons (Fsp3) is 0.200. The minimum atomic E-state index is -0.338. The van der Waals surface area contributed by atoms with Crippen molar-refractivity contribution in [2.45, 2.75) is 13.8 Å². The van der Waals surface area contributed by atoms with E-state index in [4.69, 9.17) is 38.1 Å². The zero-order chi connectivity index (χ0) is 20.3. The molecule has 28 heavy (non-hydrogen) atoms.